The molecule has 0 saturated carbocycles. The molecule has 1 aromatic rings. The Morgan fingerprint density at radius 3 is 2.55 bits per heavy atom. The Balaban J connectivity index is 2.00. The zero-order chi connectivity index (χ0) is 15.9. The predicted octanol–water partition coefficient (Wildman–Crippen LogP) is 2.00. The summed E-state index contributed by atoms with van der Waals surface area (Å²) in [5, 5.41) is 9.58. The van der Waals surface area contributed by atoms with Crippen LogP contribution in [-0.2, 0) is 4.79 Å². The van der Waals surface area contributed by atoms with Crippen molar-refractivity contribution in [3.8, 4) is 6.07 Å². The molecule has 118 valence electrons. The van der Waals surface area contributed by atoms with Gasteiger partial charge in [-0.15, -0.1) is 0 Å². The van der Waals surface area contributed by atoms with Crippen molar-refractivity contribution in [1.29, 1.82) is 5.26 Å². The van der Waals surface area contributed by atoms with E-state index < -0.39 is 0 Å². The zero-order valence-electron chi connectivity index (χ0n) is 12.5. The first-order chi connectivity index (χ1) is 10.6. The number of thioether (sulfide) groups is 1. The molecule has 0 bridgehead atoms. The minimum Gasteiger partial charge on any atom is -0.397 e. The van der Waals surface area contributed by atoms with E-state index in [1.165, 1.54) is 37.1 Å². The van der Waals surface area contributed by atoms with E-state index in [0.29, 0.717) is 16.3 Å². The van der Waals surface area contributed by atoms with Crippen molar-refractivity contribution in [2.45, 2.75) is 37.1 Å². The monoisotopic (exact) mass is 319 g/mol. The van der Waals surface area contributed by atoms with Gasteiger partial charge in [-0.2, -0.15) is 5.26 Å². The molecule has 1 saturated heterocycles. The van der Waals surface area contributed by atoms with Crippen molar-refractivity contribution < 1.29 is 4.79 Å². The van der Waals surface area contributed by atoms with Gasteiger partial charge in [-0.3, -0.25) is 4.79 Å². The van der Waals surface area contributed by atoms with Crippen LogP contribution in [0.3, 0.4) is 0 Å². The van der Waals surface area contributed by atoms with Crippen LogP contribution in [0.1, 0.15) is 37.7 Å². The van der Waals surface area contributed by atoms with E-state index in [0.717, 1.165) is 25.9 Å². The van der Waals surface area contributed by atoms with Gasteiger partial charge in [-0.05, 0) is 12.8 Å². The summed E-state index contributed by atoms with van der Waals surface area (Å²) < 4.78 is 0. The van der Waals surface area contributed by atoms with Gasteiger partial charge in [0, 0.05) is 19.2 Å². The van der Waals surface area contributed by atoms with Crippen LogP contribution in [0.4, 0.5) is 11.5 Å². The molecule has 6 nitrogen and oxygen atoms in total. The molecular weight excluding hydrogens is 298 g/mol. The number of anilines is 2. The van der Waals surface area contributed by atoms with E-state index in [1.54, 1.807) is 0 Å². The lowest BCUT2D eigenvalue weighted by Gasteiger charge is -2.24. The Bertz CT molecular complexity index is 576. The number of aromatic nitrogens is 1. The van der Waals surface area contributed by atoms with Gasteiger partial charge in [0.2, 0.25) is 5.91 Å². The number of hydrogen-bond donors (Lipinski definition) is 2. The van der Waals surface area contributed by atoms with Crippen molar-refractivity contribution >= 4 is 29.2 Å². The highest BCUT2D eigenvalue weighted by atomic mass is 32.2. The van der Waals surface area contributed by atoms with Crippen LogP contribution in [0.2, 0.25) is 0 Å². The lowest BCUT2D eigenvalue weighted by atomic mass is 10.1. The molecule has 2 heterocycles. The van der Waals surface area contributed by atoms with E-state index in [9.17, 15) is 4.79 Å². The Morgan fingerprint density at radius 2 is 1.91 bits per heavy atom. The van der Waals surface area contributed by atoms with Crippen LogP contribution in [0, 0.1) is 11.3 Å². The first kappa shape index (κ1) is 16.4. The Hall–Kier alpha value is -1.94. The molecule has 1 amide bonds. The molecular formula is C15H21N5OS. The van der Waals surface area contributed by atoms with E-state index >= 15 is 0 Å². The van der Waals surface area contributed by atoms with Gasteiger partial charge in [0.25, 0.3) is 0 Å². The molecule has 0 spiro atoms. The molecule has 0 radical (unpaired) electrons. The first-order valence-electron chi connectivity index (χ1n) is 7.48. The first-order valence-corrected chi connectivity index (χ1v) is 8.47. The lowest BCUT2D eigenvalue weighted by Crippen LogP contribution is -2.35. The number of carbonyl (C=O) groups excluding carboxylic acids is 1. The fourth-order valence-corrected chi connectivity index (χ4v) is 3.42. The number of carbonyl (C=O) groups is 1. The summed E-state index contributed by atoms with van der Waals surface area (Å²) in [7, 11) is 0. The van der Waals surface area contributed by atoms with Gasteiger partial charge in [-0.1, -0.05) is 31.0 Å². The molecule has 1 aliphatic heterocycles. The van der Waals surface area contributed by atoms with Gasteiger partial charge >= 0.3 is 0 Å². The molecule has 0 aliphatic carbocycles. The molecule has 1 aromatic heterocycles. The lowest BCUT2D eigenvalue weighted by molar-refractivity contribution is -0.128. The summed E-state index contributed by atoms with van der Waals surface area (Å²) in [6.07, 6.45) is 5.74. The Labute approximate surface area is 134 Å². The number of nitriles is 1. The van der Waals surface area contributed by atoms with Crippen molar-refractivity contribution in [3.05, 3.63) is 11.6 Å². The van der Waals surface area contributed by atoms with E-state index in [-0.39, 0.29) is 17.5 Å². The summed E-state index contributed by atoms with van der Waals surface area (Å²) in [4.78, 5) is 18.4. The Kier molecular flexibility index (Phi) is 5.90. The number of likely N-dealkylation sites (tertiary alicyclic amines) is 1. The molecule has 7 heteroatoms. The van der Waals surface area contributed by atoms with Crippen LogP contribution in [-0.4, -0.2) is 34.6 Å². The molecule has 0 atom stereocenters. The number of nitrogens with two attached hydrogens (primary N) is 2. The minimum absolute atomic E-state index is 0.0820. The zero-order valence-corrected chi connectivity index (χ0v) is 13.4. The van der Waals surface area contributed by atoms with Crippen LogP contribution in [0.15, 0.2) is 11.1 Å². The molecule has 0 unspecified atom stereocenters. The molecule has 1 aliphatic rings. The highest BCUT2D eigenvalue weighted by Crippen LogP contribution is 2.26. The number of hydrogen-bond acceptors (Lipinski definition) is 6. The number of nitrogens with zero attached hydrogens (tertiary/aromatic N) is 3. The second-order valence-corrected chi connectivity index (χ2v) is 6.33. The highest BCUT2D eigenvalue weighted by molar-refractivity contribution is 8.00. The predicted molar refractivity (Wildman–Crippen MR) is 88.2 cm³/mol. The number of amides is 1. The summed E-state index contributed by atoms with van der Waals surface area (Å²) in [6.45, 7) is 1.63. The molecule has 2 rings (SSSR count). The average Bonchev–Trinajstić information content (AvgIpc) is 2.44. The van der Waals surface area contributed by atoms with Crippen molar-refractivity contribution in [2.75, 3.05) is 30.3 Å². The third-order valence-corrected chi connectivity index (χ3v) is 4.65. The second kappa shape index (κ2) is 7.90. The number of nitrogen functional groups attached to an aromatic ring is 2. The maximum atomic E-state index is 12.3. The van der Waals surface area contributed by atoms with Crippen LogP contribution < -0.4 is 11.5 Å². The largest absolute Gasteiger partial charge is 0.397 e. The number of pyridine rings is 1. The normalized spacial score (nSPS) is 15.7. The van der Waals surface area contributed by atoms with Crippen LogP contribution in [0.5, 0.6) is 0 Å². The molecule has 4 N–H and O–H groups in total. The van der Waals surface area contributed by atoms with Gasteiger partial charge in [-0.25, -0.2) is 4.98 Å². The summed E-state index contributed by atoms with van der Waals surface area (Å²) in [5.41, 5.74) is 12.0. The van der Waals surface area contributed by atoms with E-state index in [4.69, 9.17) is 16.7 Å². The SMILES string of the molecule is N#Cc1c(N)cc(N)nc1SCC(=O)N1CCCCCCC1. The van der Waals surface area contributed by atoms with Gasteiger partial charge < -0.3 is 16.4 Å². The third-order valence-electron chi connectivity index (χ3n) is 3.69. The van der Waals surface area contributed by atoms with Gasteiger partial charge in [0.05, 0.1) is 11.4 Å². The fraction of sp³-hybridized carbons (Fsp3) is 0.533. The minimum atomic E-state index is 0.0820. The average molecular weight is 319 g/mol. The molecule has 0 aromatic carbocycles. The fourth-order valence-electron chi connectivity index (χ4n) is 2.50. The summed E-state index contributed by atoms with van der Waals surface area (Å²) in [5.74, 6) is 0.598. The van der Waals surface area contributed by atoms with Crippen molar-refractivity contribution in [2.24, 2.45) is 0 Å². The van der Waals surface area contributed by atoms with E-state index in [1.807, 2.05) is 11.0 Å². The summed E-state index contributed by atoms with van der Waals surface area (Å²) in [6, 6.07) is 3.48. The van der Waals surface area contributed by atoms with Crippen molar-refractivity contribution in [1.82, 2.24) is 9.88 Å². The molecule has 22 heavy (non-hydrogen) atoms. The maximum Gasteiger partial charge on any atom is 0.232 e. The standard InChI is InChI=1S/C15H21N5OS/c16-9-11-12(17)8-13(18)19-15(11)22-10-14(21)20-6-4-2-1-3-5-7-20/h8H,1-7,10H2,(H4,17,18,19). The van der Waals surface area contributed by atoms with Gasteiger partial charge in [0.1, 0.15) is 22.5 Å². The smallest absolute Gasteiger partial charge is 0.232 e. The topological polar surface area (TPSA) is 109 Å². The van der Waals surface area contributed by atoms with Crippen LogP contribution in [0.25, 0.3) is 0 Å². The third kappa shape index (κ3) is 4.28. The maximum absolute atomic E-state index is 12.3. The quantitative estimate of drug-likeness (QED) is 0.825. The van der Waals surface area contributed by atoms with Crippen molar-refractivity contribution in [3.63, 3.8) is 0 Å². The molecule has 1 fully saturated rings. The highest BCUT2D eigenvalue weighted by Gasteiger charge is 2.17. The van der Waals surface area contributed by atoms with Gasteiger partial charge in [0.15, 0.2) is 0 Å². The summed E-state index contributed by atoms with van der Waals surface area (Å²) >= 11 is 1.23. The second-order valence-electron chi connectivity index (χ2n) is 5.37. The number of rotatable bonds is 3. The Morgan fingerprint density at radius 1 is 1.27 bits per heavy atom. The van der Waals surface area contributed by atoms with E-state index in [2.05, 4.69) is 4.98 Å². The van der Waals surface area contributed by atoms with Crippen LogP contribution >= 0.6 is 11.8 Å².